The standard InChI is InChI=1S/C21H20FNO4/c1-25-16-11-14(12-17(13-16)26-2)23-21(24)10-8-15-7-9-20(27-15)18-5-3-4-6-19(18)22/h3-7,9,11-13H,8,10H2,1-2H3,(H,23,24). The summed E-state index contributed by atoms with van der Waals surface area (Å²) in [4.78, 5) is 12.2. The first kappa shape index (κ1) is 18.5. The Kier molecular flexibility index (Phi) is 5.76. The minimum atomic E-state index is -0.344. The number of aryl methyl sites for hydroxylation is 1. The molecule has 0 aliphatic rings. The number of carbonyl (C=O) groups is 1. The maximum atomic E-state index is 13.8. The van der Waals surface area contributed by atoms with Crippen LogP contribution in [0.1, 0.15) is 12.2 Å². The summed E-state index contributed by atoms with van der Waals surface area (Å²) >= 11 is 0. The Morgan fingerprint density at radius 1 is 1.04 bits per heavy atom. The topological polar surface area (TPSA) is 60.7 Å². The molecule has 5 nitrogen and oxygen atoms in total. The number of nitrogens with one attached hydrogen (secondary N) is 1. The Hall–Kier alpha value is -3.28. The van der Waals surface area contributed by atoms with Gasteiger partial charge in [0.05, 0.1) is 19.8 Å². The van der Waals surface area contributed by atoms with E-state index < -0.39 is 0 Å². The third-order valence-electron chi connectivity index (χ3n) is 4.03. The molecule has 0 saturated heterocycles. The van der Waals surface area contributed by atoms with Crippen molar-refractivity contribution in [2.45, 2.75) is 12.8 Å². The molecule has 6 heteroatoms. The van der Waals surface area contributed by atoms with E-state index in [0.29, 0.717) is 40.7 Å². The number of amides is 1. The fourth-order valence-electron chi connectivity index (χ4n) is 2.66. The number of ether oxygens (including phenoxy) is 2. The number of hydrogen-bond donors (Lipinski definition) is 1. The third-order valence-corrected chi connectivity index (χ3v) is 4.03. The molecular weight excluding hydrogens is 349 g/mol. The monoisotopic (exact) mass is 369 g/mol. The van der Waals surface area contributed by atoms with Gasteiger partial charge in [-0.15, -0.1) is 0 Å². The summed E-state index contributed by atoms with van der Waals surface area (Å²) in [5, 5.41) is 2.81. The van der Waals surface area contributed by atoms with Gasteiger partial charge >= 0.3 is 0 Å². The van der Waals surface area contributed by atoms with Crippen LogP contribution in [-0.2, 0) is 11.2 Å². The zero-order chi connectivity index (χ0) is 19.2. The average molecular weight is 369 g/mol. The van der Waals surface area contributed by atoms with E-state index in [1.54, 1.807) is 62.8 Å². The third kappa shape index (κ3) is 4.67. The van der Waals surface area contributed by atoms with Gasteiger partial charge in [0.15, 0.2) is 0 Å². The van der Waals surface area contributed by atoms with Crippen LogP contribution in [0.15, 0.2) is 59.0 Å². The van der Waals surface area contributed by atoms with E-state index in [-0.39, 0.29) is 18.1 Å². The maximum absolute atomic E-state index is 13.8. The Labute approximate surface area is 156 Å². The molecule has 0 fully saturated rings. The van der Waals surface area contributed by atoms with Crippen molar-refractivity contribution in [1.29, 1.82) is 0 Å². The van der Waals surface area contributed by atoms with E-state index in [0.717, 1.165) is 0 Å². The molecule has 0 atom stereocenters. The normalized spacial score (nSPS) is 10.5. The first-order valence-corrected chi connectivity index (χ1v) is 8.45. The number of anilines is 1. The van der Waals surface area contributed by atoms with Crippen LogP contribution in [0.3, 0.4) is 0 Å². The van der Waals surface area contributed by atoms with Crippen molar-refractivity contribution in [2.24, 2.45) is 0 Å². The van der Waals surface area contributed by atoms with Gasteiger partial charge in [-0.25, -0.2) is 4.39 Å². The number of halogens is 1. The van der Waals surface area contributed by atoms with Crippen molar-refractivity contribution in [3.05, 3.63) is 66.2 Å². The highest BCUT2D eigenvalue weighted by Crippen LogP contribution is 2.27. The smallest absolute Gasteiger partial charge is 0.224 e. The summed E-state index contributed by atoms with van der Waals surface area (Å²) in [6.45, 7) is 0. The number of carbonyl (C=O) groups excluding carboxylic acids is 1. The number of rotatable bonds is 7. The van der Waals surface area contributed by atoms with Gasteiger partial charge in [-0.2, -0.15) is 0 Å². The van der Waals surface area contributed by atoms with Gasteiger partial charge in [0.2, 0.25) is 5.91 Å². The van der Waals surface area contributed by atoms with Crippen LogP contribution < -0.4 is 14.8 Å². The van der Waals surface area contributed by atoms with E-state index in [1.165, 1.54) is 6.07 Å². The second-order valence-electron chi connectivity index (χ2n) is 5.90. The molecule has 1 N–H and O–H groups in total. The number of hydrogen-bond acceptors (Lipinski definition) is 4. The molecule has 1 heterocycles. The summed E-state index contributed by atoms with van der Waals surface area (Å²) in [6.07, 6.45) is 0.630. The molecule has 0 unspecified atom stereocenters. The lowest BCUT2D eigenvalue weighted by atomic mass is 10.1. The Morgan fingerprint density at radius 2 is 1.74 bits per heavy atom. The molecule has 140 valence electrons. The van der Waals surface area contributed by atoms with Crippen LogP contribution in [-0.4, -0.2) is 20.1 Å². The molecule has 0 bridgehead atoms. The van der Waals surface area contributed by atoms with Crippen molar-refractivity contribution >= 4 is 11.6 Å². The van der Waals surface area contributed by atoms with Crippen LogP contribution >= 0.6 is 0 Å². The highest BCUT2D eigenvalue weighted by Gasteiger charge is 2.11. The maximum Gasteiger partial charge on any atom is 0.224 e. The van der Waals surface area contributed by atoms with Gasteiger partial charge in [0.1, 0.15) is 28.8 Å². The van der Waals surface area contributed by atoms with E-state index in [9.17, 15) is 9.18 Å². The van der Waals surface area contributed by atoms with E-state index in [4.69, 9.17) is 13.9 Å². The van der Waals surface area contributed by atoms with Crippen LogP contribution in [0.25, 0.3) is 11.3 Å². The van der Waals surface area contributed by atoms with E-state index >= 15 is 0 Å². The Bertz CT molecular complexity index is 913. The van der Waals surface area contributed by atoms with Gasteiger partial charge in [0.25, 0.3) is 0 Å². The molecule has 1 amide bonds. The average Bonchev–Trinajstić information content (AvgIpc) is 3.15. The summed E-state index contributed by atoms with van der Waals surface area (Å²) in [5.41, 5.74) is 0.986. The molecule has 0 aliphatic carbocycles. The van der Waals surface area contributed by atoms with Gasteiger partial charge in [-0.3, -0.25) is 4.79 Å². The van der Waals surface area contributed by atoms with Crippen molar-refractivity contribution < 1.29 is 23.1 Å². The predicted octanol–water partition coefficient (Wildman–Crippen LogP) is 4.67. The van der Waals surface area contributed by atoms with Gasteiger partial charge < -0.3 is 19.2 Å². The number of furan rings is 1. The van der Waals surface area contributed by atoms with E-state index in [2.05, 4.69) is 5.32 Å². The Balaban J connectivity index is 1.61. The second kappa shape index (κ2) is 8.40. The molecule has 0 spiro atoms. The zero-order valence-electron chi connectivity index (χ0n) is 15.1. The number of benzene rings is 2. The molecular formula is C21H20FNO4. The summed E-state index contributed by atoms with van der Waals surface area (Å²) in [7, 11) is 3.09. The fourth-order valence-corrected chi connectivity index (χ4v) is 2.66. The van der Waals surface area contributed by atoms with Crippen molar-refractivity contribution in [3.63, 3.8) is 0 Å². The lowest BCUT2D eigenvalue weighted by Gasteiger charge is -2.09. The molecule has 0 radical (unpaired) electrons. The summed E-state index contributed by atoms with van der Waals surface area (Å²) in [5.74, 6) is 1.72. The van der Waals surface area contributed by atoms with Gasteiger partial charge in [0, 0.05) is 36.7 Å². The molecule has 27 heavy (non-hydrogen) atoms. The first-order chi connectivity index (χ1) is 13.1. The van der Waals surface area contributed by atoms with Crippen LogP contribution in [0, 0.1) is 5.82 Å². The fraction of sp³-hybridized carbons (Fsp3) is 0.190. The lowest BCUT2D eigenvalue weighted by Crippen LogP contribution is -2.12. The lowest BCUT2D eigenvalue weighted by molar-refractivity contribution is -0.116. The zero-order valence-corrected chi connectivity index (χ0v) is 15.1. The quantitative estimate of drug-likeness (QED) is 0.657. The van der Waals surface area contributed by atoms with Crippen LogP contribution in [0.4, 0.5) is 10.1 Å². The first-order valence-electron chi connectivity index (χ1n) is 8.45. The van der Waals surface area contributed by atoms with E-state index in [1.807, 2.05) is 0 Å². The Morgan fingerprint density at radius 3 is 2.41 bits per heavy atom. The summed E-state index contributed by atoms with van der Waals surface area (Å²) < 4.78 is 29.9. The molecule has 0 saturated carbocycles. The molecule has 3 aromatic rings. The summed E-state index contributed by atoms with van der Waals surface area (Å²) in [6, 6.07) is 15.0. The SMILES string of the molecule is COc1cc(NC(=O)CCc2ccc(-c3ccccc3F)o2)cc(OC)c1. The largest absolute Gasteiger partial charge is 0.497 e. The van der Waals surface area contributed by atoms with Crippen molar-refractivity contribution in [1.82, 2.24) is 0 Å². The number of methoxy groups -OCH3 is 2. The van der Waals surface area contributed by atoms with Gasteiger partial charge in [-0.1, -0.05) is 12.1 Å². The molecule has 0 aliphatic heterocycles. The van der Waals surface area contributed by atoms with Crippen molar-refractivity contribution in [2.75, 3.05) is 19.5 Å². The van der Waals surface area contributed by atoms with Crippen LogP contribution in [0.2, 0.25) is 0 Å². The highest BCUT2D eigenvalue weighted by atomic mass is 19.1. The minimum absolute atomic E-state index is 0.172. The highest BCUT2D eigenvalue weighted by molar-refractivity contribution is 5.91. The molecule has 2 aromatic carbocycles. The predicted molar refractivity (Wildman–Crippen MR) is 101 cm³/mol. The molecule has 3 rings (SSSR count). The van der Waals surface area contributed by atoms with Crippen LogP contribution in [0.5, 0.6) is 11.5 Å². The minimum Gasteiger partial charge on any atom is -0.497 e. The second-order valence-corrected chi connectivity index (χ2v) is 5.90. The van der Waals surface area contributed by atoms with Gasteiger partial charge in [-0.05, 0) is 24.3 Å². The van der Waals surface area contributed by atoms with Crippen molar-refractivity contribution in [3.8, 4) is 22.8 Å². The molecule has 1 aromatic heterocycles.